The van der Waals surface area contributed by atoms with Gasteiger partial charge in [0.2, 0.25) is 0 Å². The highest BCUT2D eigenvalue weighted by Crippen LogP contribution is 2.25. The maximum Gasteiger partial charge on any atom is 0.315 e. The molecule has 5 nitrogen and oxygen atoms in total. The average molecular weight is 283 g/mol. The van der Waals surface area contributed by atoms with Gasteiger partial charge in [0.1, 0.15) is 0 Å². The lowest BCUT2D eigenvalue weighted by atomic mass is 9.92. The number of nitrogens with one attached hydrogen (secondary N) is 2. The molecule has 116 valence electrons. The molecular weight excluding hydrogens is 254 g/mol. The summed E-state index contributed by atoms with van der Waals surface area (Å²) in [6.45, 7) is 3.35. The molecule has 1 heterocycles. The maximum atomic E-state index is 11.8. The Morgan fingerprint density at radius 1 is 1.20 bits per heavy atom. The number of likely N-dealkylation sites (tertiary alicyclic amines) is 1. The SMILES string of the molecule is COCCNC(=O)N[C@H]1CCCN(C2CCCCC2)C1. The maximum absolute atomic E-state index is 11.8. The number of amides is 2. The summed E-state index contributed by atoms with van der Waals surface area (Å²) >= 11 is 0. The number of urea groups is 1. The van der Waals surface area contributed by atoms with Gasteiger partial charge < -0.3 is 15.4 Å². The van der Waals surface area contributed by atoms with Gasteiger partial charge in [-0.1, -0.05) is 19.3 Å². The van der Waals surface area contributed by atoms with E-state index < -0.39 is 0 Å². The molecular formula is C15H29N3O2. The molecule has 2 aliphatic rings. The quantitative estimate of drug-likeness (QED) is 0.756. The van der Waals surface area contributed by atoms with Crippen molar-refractivity contribution in [1.29, 1.82) is 0 Å². The van der Waals surface area contributed by atoms with Crippen LogP contribution in [-0.4, -0.2) is 56.4 Å². The second kappa shape index (κ2) is 8.47. The van der Waals surface area contributed by atoms with Gasteiger partial charge in [-0.2, -0.15) is 0 Å². The van der Waals surface area contributed by atoms with Crippen LogP contribution in [0.1, 0.15) is 44.9 Å². The first-order chi connectivity index (χ1) is 9.79. The van der Waals surface area contributed by atoms with Crippen LogP contribution in [-0.2, 0) is 4.74 Å². The normalized spacial score (nSPS) is 25.4. The molecule has 0 radical (unpaired) electrons. The van der Waals surface area contributed by atoms with Gasteiger partial charge in [0.25, 0.3) is 0 Å². The number of carbonyl (C=O) groups is 1. The van der Waals surface area contributed by atoms with E-state index >= 15 is 0 Å². The second-order valence-corrected chi connectivity index (χ2v) is 6.02. The van der Waals surface area contributed by atoms with Crippen molar-refractivity contribution in [2.24, 2.45) is 0 Å². The van der Waals surface area contributed by atoms with Crippen molar-refractivity contribution in [3.63, 3.8) is 0 Å². The lowest BCUT2D eigenvalue weighted by molar-refractivity contribution is 0.112. The number of carbonyl (C=O) groups excluding carboxylic acids is 1. The minimum absolute atomic E-state index is 0.0578. The van der Waals surface area contributed by atoms with E-state index in [-0.39, 0.29) is 6.03 Å². The molecule has 5 heteroatoms. The molecule has 0 unspecified atom stereocenters. The highest BCUT2D eigenvalue weighted by molar-refractivity contribution is 5.74. The lowest BCUT2D eigenvalue weighted by Crippen LogP contribution is -2.53. The summed E-state index contributed by atoms with van der Waals surface area (Å²) in [4.78, 5) is 14.4. The van der Waals surface area contributed by atoms with Crippen LogP contribution in [0.25, 0.3) is 0 Å². The van der Waals surface area contributed by atoms with E-state index in [4.69, 9.17) is 4.74 Å². The van der Waals surface area contributed by atoms with Crippen LogP contribution < -0.4 is 10.6 Å². The van der Waals surface area contributed by atoms with E-state index in [1.54, 1.807) is 7.11 Å². The van der Waals surface area contributed by atoms with Crippen LogP contribution in [0.3, 0.4) is 0 Å². The van der Waals surface area contributed by atoms with E-state index in [0.717, 1.165) is 19.0 Å². The molecule has 1 saturated heterocycles. The van der Waals surface area contributed by atoms with Crippen molar-refractivity contribution in [2.75, 3.05) is 33.4 Å². The summed E-state index contributed by atoms with van der Waals surface area (Å²) < 4.78 is 4.93. The first kappa shape index (κ1) is 15.6. The molecule has 0 aromatic rings. The molecule has 0 bridgehead atoms. The predicted octanol–water partition coefficient (Wildman–Crippen LogP) is 1.73. The van der Waals surface area contributed by atoms with Gasteiger partial charge in [0.05, 0.1) is 6.61 Å². The van der Waals surface area contributed by atoms with E-state index in [9.17, 15) is 4.79 Å². The van der Waals surface area contributed by atoms with Gasteiger partial charge in [-0.3, -0.25) is 4.90 Å². The molecule has 1 saturated carbocycles. The molecule has 1 aliphatic carbocycles. The summed E-state index contributed by atoms with van der Waals surface area (Å²) in [5.41, 5.74) is 0. The Morgan fingerprint density at radius 3 is 2.75 bits per heavy atom. The summed E-state index contributed by atoms with van der Waals surface area (Å²) in [5, 5.41) is 5.93. The van der Waals surface area contributed by atoms with E-state index in [1.165, 1.54) is 45.1 Å². The highest BCUT2D eigenvalue weighted by atomic mass is 16.5. The molecule has 20 heavy (non-hydrogen) atoms. The van der Waals surface area contributed by atoms with E-state index in [2.05, 4.69) is 15.5 Å². The van der Waals surface area contributed by atoms with Crippen LogP contribution >= 0.6 is 0 Å². The number of hydrogen-bond acceptors (Lipinski definition) is 3. The van der Waals surface area contributed by atoms with Crippen LogP contribution in [0, 0.1) is 0 Å². The number of methoxy groups -OCH3 is 1. The van der Waals surface area contributed by atoms with Crippen molar-refractivity contribution in [3.8, 4) is 0 Å². The average Bonchev–Trinajstić information content (AvgIpc) is 2.49. The number of piperidine rings is 1. The second-order valence-electron chi connectivity index (χ2n) is 6.02. The first-order valence-corrected chi connectivity index (χ1v) is 8.07. The van der Waals surface area contributed by atoms with Gasteiger partial charge in [-0.15, -0.1) is 0 Å². The third kappa shape index (κ3) is 4.94. The fourth-order valence-corrected chi connectivity index (χ4v) is 3.41. The van der Waals surface area contributed by atoms with Gasteiger partial charge in [0.15, 0.2) is 0 Å². The van der Waals surface area contributed by atoms with E-state index in [0.29, 0.717) is 19.2 Å². The third-order valence-electron chi connectivity index (χ3n) is 4.47. The van der Waals surface area contributed by atoms with Crippen LogP contribution in [0.5, 0.6) is 0 Å². The Bertz CT molecular complexity index is 293. The molecule has 2 amide bonds. The van der Waals surface area contributed by atoms with Crippen molar-refractivity contribution in [2.45, 2.75) is 57.0 Å². The van der Waals surface area contributed by atoms with Gasteiger partial charge in [-0.05, 0) is 32.2 Å². The van der Waals surface area contributed by atoms with E-state index in [1.807, 2.05) is 0 Å². The van der Waals surface area contributed by atoms with Gasteiger partial charge in [-0.25, -0.2) is 4.79 Å². The number of ether oxygens (including phenoxy) is 1. The molecule has 1 aliphatic heterocycles. The van der Waals surface area contributed by atoms with Crippen LogP contribution in [0.2, 0.25) is 0 Å². The summed E-state index contributed by atoms with van der Waals surface area (Å²) in [6.07, 6.45) is 9.11. The predicted molar refractivity (Wildman–Crippen MR) is 79.9 cm³/mol. The summed E-state index contributed by atoms with van der Waals surface area (Å²) in [6, 6.07) is 0.996. The molecule has 0 aromatic heterocycles. The van der Waals surface area contributed by atoms with Crippen molar-refractivity contribution >= 4 is 6.03 Å². The zero-order chi connectivity index (χ0) is 14.2. The zero-order valence-electron chi connectivity index (χ0n) is 12.7. The summed E-state index contributed by atoms with van der Waals surface area (Å²) in [7, 11) is 1.64. The summed E-state index contributed by atoms with van der Waals surface area (Å²) in [5.74, 6) is 0. The number of hydrogen-bond donors (Lipinski definition) is 2. The van der Waals surface area contributed by atoms with Gasteiger partial charge >= 0.3 is 6.03 Å². The zero-order valence-corrected chi connectivity index (χ0v) is 12.7. The molecule has 2 fully saturated rings. The van der Waals surface area contributed by atoms with Crippen molar-refractivity contribution in [3.05, 3.63) is 0 Å². The minimum Gasteiger partial charge on any atom is -0.383 e. The van der Waals surface area contributed by atoms with Crippen LogP contribution in [0.15, 0.2) is 0 Å². The topological polar surface area (TPSA) is 53.6 Å². The Balaban J connectivity index is 1.71. The highest BCUT2D eigenvalue weighted by Gasteiger charge is 2.27. The Hall–Kier alpha value is -0.810. The number of rotatable bonds is 5. The number of nitrogens with zero attached hydrogens (tertiary/aromatic N) is 1. The Kier molecular flexibility index (Phi) is 6.60. The fourth-order valence-electron chi connectivity index (χ4n) is 3.41. The van der Waals surface area contributed by atoms with Crippen molar-refractivity contribution in [1.82, 2.24) is 15.5 Å². The van der Waals surface area contributed by atoms with Crippen molar-refractivity contribution < 1.29 is 9.53 Å². The Labute approximate surface area is 122 Å². The molecule has 2 N–H and O–H groups in total. The minimum atomic E-state index is -0.0578. The smallest absolute Gasteiger partial charge is 0.315 e. The molecule has 1 atom stereocenters. The first-order valence-electron chi connectivity index (χ1n) is 8.07. The Morgan fingerprint density at radius 2 is 2.00 bits per heavy atom. The fraction of sp³-hybridized carbons (Fsp3) is 0.933. The van der Waals surface area contributed by atoms with Gasteiger partial charge in [0, 0.05) is 32.3 Å². The lowest BCUT2D eigenvalue weighted by Gasteiger charge is -2.40. The molecule has 2 rings (SSSR count). The molecule has 0 spiro atoms. The third-order valence-corrected chi connectivity index (χ3v) is 4.47. The largest absolute Gasteiger partial charge is 0.383 e. The van der Waals surface area contributed by atoms with Crippen LogP contribution in [0.4, 0.5) is 4.79 Å². The standard InChI is InChI=1S/C15H29N3O2/c1-20-11-9-16-15(19)17-13-6-5-10-18(12-13)14-7-3-2-4-8-14/h13-14H,2-12H2,1H3,(H2,16,17,19)/t13-/m0/s1. The monoisotopic (exact) mass is 283 g/mol. The molecule has 0 aromatic carbocycles.